The van der Waals surface area contributed by atoms with Crippen LogP contribution in [0.5, 0.6) is 0 Å². The standard InChI is InChI=1S/C17H13BrCl2FN3O2S/c1-24-7-6-22-17(24)15(10-2-4-12(21)5-3-10)23-27(25,26)16-13(19)8-11(18)9-14(16)20/h2-9,15,23H,1H3. The molecule has 3 aromatic rings. The molecule has 2 aromatic carbocycles. The molecule has 0 aliphatic carbocycles. The molecule has 0 radical (unpaired) electrons. The van der Waals surface area contributed by atoms with Crippen molar-refractivity contribution < 1.29 is 12.8 Å². The highest BCUT2D eigenvalue weighted by Crippen LogP contribution is 2.34. The van der Waals surface area contributed by atoms with Crippen LogP contribution in [0, 0.1) is 5.82 Å². The van der Waals surface area contributed by atoms with Gasteiger partial charge in [0, 0.05) is 23.9 Å². The summed E-state index contributed by atoms with van der Waals surface area (Å²) in [5, 5.41) is -0.0563. The van der Waals surface area contributed by atoms with Gasteiger partial charge >= 0.3 is 0 Å². The Labute approximate surface area is 174 Å². The molecule has 0 bridgehead atoms. The summed E-state index contributed by atoms with van der Waals surface area (Å²) in [5.74, 6) is -0.00580. The lowest BCUT2D eigenvalue weighted by Gasteiger charge is -2.20. The van der Waals surface area contributed by atoms with Gasteiger partial charge in [-0.3, -0.25) is 0 Å². The normalized spacial score (nSPS) is 12.9. The van der Waals surface area contributed by atoms with Crippen molar-refractivity contribution in [2.24, 2.45) is 7.05 Å². The Kier molecular flexibility index (Phi) is 5.93. The van der Waals surface area contributed by atoms with Crippen LogP contribution < -0.4 is 4.72 Å². The number of aromatic nitrogens is 2. The van der Waals surface area contributed by atoms with Crippen molar-refractivity contribution in [3.63, 3.8) is 0 Å². The van der Waals surface area contributed by atoms with Crippen molar-refractivity contribution in [3.05, 3.63) is 80.5 Å². The molecule has 0 saturated heterocycles. The SMILES string of the molecule is Cn1ccnc1C(NS(=O)(=O)c1c(Cl)cc(Br)cc1Cl)c1ccc(F)cc1. The second-order valence-corrected chi connectivity index (χ2v) is 9.08. The van der Waals surface area contributed by atoms with E-state index in [9.17, 15) is 12.8 Å². The number of nitrogens with one attached hydrogen (secondary N) is 1. The van der Waals surface area contributed by atoms with Crippen LogP contribution in [-0.4, -0.2) is 18.0 Å². The van der Waals surface area contributed by atoms with Gasteiger partial charge in [0.05, 0.1) is 10.0 Å². The largest absolute Gasteiger partial charge is 0.336 e. The maximum Gasteiger partial charge on any atom is 0.244 e. The molecule has 1 unspecified atom stereocenters. The number of hydrogen-bond acceptors (Lipinski definition) is 3. The molecule has 1 atom stereocenters. The minimum absolute atomic E-state index is 0.0282. The zero-order valence-corrected chi connectivity index (χ0v) is 17.7. The number of rotatable bonds is 5. The quantitative estimate of drug-likeness (QED) is 0.561. The Morgan fingerprint density at radius 1 is 1.19 bits per heavy atom. The molecule has 0 amide bonds. The second kappa shape index (κ2) is 7.89. The van der Waals surface area contributed by atoms with E-state index in [-0.39, 0.29) is 14.9 Å². The van der Waals surface area contributed by atoms with E-state index in [4.69, 9.17) is 23.2 Å². The molecule has 1 aromatic heterocycles. The van der Waals surface area contributed by atoms with E-state index < -0.39 is 21.9 Å². The van der Waals surface area contributed by atoms with E-state index in [1.165, 1.54) is 36.4 Å². The Morgan fingerprint density at radius 3 is 2.30 bits per heavy atom. The Balaban J connectivity index is 2.09. The van der Waals surface area contributed by atoms with Gasteiger partial charge in [-0.2, -0.15) is 4.72 Å². The smallest absolute Gasteiger partial charge is 0.244 e. The van der Waals surface area contributed by atoms with Crippen molar-refractivity contribution in [2.45, 2.75) is 10.9 Å². The van der Waals surface area contributed by atoms with E-state index in [0.29, 0.717) is 15.9 Å². The topological polar surface area (TPSA) is 64.0 Å². The molecule has 0 spiro atoms. The van der Waals surface area contributed by atoms with Crippen LogP contribution in [0.2, 0.25) is 10.0 Å². The van der Waals surface area contributed by atoms with Crippen LogP contribution in [0.15, 0.2) is 58.2 Å². The van der Waals surface area contributed by atoms with Crippen molar-refractivity contribution in [3.8, 4) is 0 Å². The van der Waals surface area contributed by atoms with E-state index >= 15 is 0 Å². The summed E-state index contributed by atoms with van der Waals surface area (Å²) in [6.45, 7) is 0. The Morgan fingerprint density at radius 2 is 1.78 bits per heavy atom. The lowest BCUT2D eigenvalue weighted by atomic mass is 10.1. The lowest BCUT2D eigenvalue weighted by Crippen LogP contribution is -2.31. The molecule has 142 valence electrons. The van der Waals surface area contributed by atoms with Gasteiger partial charge in [0.1, 0.15) is 22.6 Å². The maximum atomic E-state index is 13.3. The molecule has 0 aliphatic rings. The fourth-order valence-electron chi connectivity index (χ4n) is 2.58. The number of benzene rings is 2. The van der Waals surface area contributed by atoms with Crippen molar-refractivity contribution >= 4 is 49.2 Å². The zero-order valence-electron chi connectivity index (χ0n) is 13.8. The number of nitrogens with zero attached hydrogens (tertiary/aromatic N) is 2. The van der Waals surface area contributed by atoms with Crippen LogP contribution in [0.4, 0.5) is 4.39 Å². The number of sulfonamides is 1. The van der Waals surface area contributed by atoms with Crippen LogP contribution in [-0.2, 0) is 17.1 Å². The van der Waals surface area contributed by atoms with Crippen LogP contribution in [0.1, 0.15) is 17.4 Å². The lowest BCUT2D eigenvalue weighted by molar-refractivity contribution is 0.562. The van der Waals surface area contributed by atoms with Crippen molar-refractivity contribution in [1.82, 2.24) is 14.3 Å². The zero-order chi connectivity index (χ0) is 19.8. The predicted molar refractivity (Wildman–Crippen MR) is 106 cm³/mol. The van der Waals surface area contributed by atoms with E-state index in [1.54, 1.807) is 24.0 Å². The highest BCUT2D eigenvalue weighted by Gasteiger charge is 2.29. The van der Waals surface area contributed by atoms with Gasteiger partial charge in [0.25, 0.3) is 0 Å². The fraction of sp³-hybridized carbons (Fsp3) is 0.118. The number of imidazole rings is 1. The summed E-state index contributed by atoms with van der Waals surface area (Å²) >= 11 is 15.5. The summed E-state index contributed by atoms with van der Waals surface area (Å²) in [6.07, 6.45) is 3.22. The number of halogens is 4. The average molecular weight is 493 g/mol. The van der Waals surface area contributed by atoms with Gasteiger partial charge in [-0.25, -0.2) is 17.8 Å². The summed E-state index contributed by atoms with van der Waals surface area (Å²) in [4.78, 5) is 3.98. The minimum atomic E-state index is -4.12. The molecular weight excluding hydrogens is 480 g/mol. The summed E-state index contributed by atoms with van der Waals surface area (Å²) in [6, 6.07) is 7.49. The first-order valence-corrected chi connectivity index (χ1v) is 10.6. The Hall–Kier alpha value is -1.45. The number of aryl methyl sites for hydroxylation is 1. The third-order valence-electron chi connectivity index (χ3n) is 3.82. The maximum absolute atomic E-state index is 13.3. The molecule has 0 aliphatic heterocycles. The van der Waals surface area contributed by atoms with Gasteiger partial charge in [-0.1, -0.05) is 51.3 Å². The van der Waals surface area contributed by atoms with Crippen LogP contribution in [0.25, 0.3) is 0 Å². The third-order valence-corrected chi connectivity index (χ3v) is 6.63. The first kappa shape index (κ1) is 20.3. The highest BCUT2D eigenvalue weighted by molar-refractivity contribution is 9.10. The molecule has 1 N–H and O–H groups in total. The van der Waals surface area contributed by atoms with E-state index in [2.05, 4.69) is 25.6 Å². The average Bonchev–Trinajstić information content (AvgIpc) is 2.98. The van der Waals surface area contributed by atoms with Gasteiger partial charge in [0.15, 0.2) is 0 Å². The predicted octanol–water partition coefficient (Wildman–Crippen LogP) is 4.70. The molecule has 10 heteroatoms. The second-order valence-electron chi connectivity index (χ2n) is 5.70. The molecule has 0 saturated carbocycles. The van der Waals surface area contributed by atoms with Gasteiger partial charge in [-0.15, -0.1) is 0 Å². The third kappa shape index (κ3) is 4.35. The van der Waals surface area contributed by atoms with Crippen molar-refractivity contribution in [2.75, 3.05) is 0 Å². The van der Waals surface area contributed by atoms with Crippen molar-refractivity contribution in [1.29, 1.82) is 0 Å². The summed E-state index contributed by atoms with van der Waals surface area (Å²) < 4.78 is 44.2. The molecule has 27 heavy (non-hydrogen) atoms. The van der Waals surface area contributed by atoms with Crippen LogP contribution in [0.3, 0.4) is 0 Å². The van der Waals surface area contributed by atoms with Gasteiger partial charge < -0.3 is 4.57 Å². The summed E-state index contributed by atoms with van der Waals surface area (Å²) in [5.41, 5.74) is 0.513. The molecule has 0 fully saturated rings. The molecular formula is C17H13BrCl2FN3O2S. The first-order valence-electron chi connectivity index (χ1n) is 7.58. The molecule has 5 nitrogen and oxygen atoms in total. The van der Waals surface area contributed by atoms with Gasteiger partial charge in [-0.05, 0) is 29.8 Å². The minimum Gasteiger partial charge on any atom is -0.336 e. The highest BCUT2D eigenvalue weighted by atomic mass is 79.9. The number of hydrogen-bond donors (Lipinski definition) is 1. The fourth-order valence-corrected chi connectivity index (χ4v) is 5.70. The molecule has 3 rings (SSSR count). The Bertz CT molecular complexity index is 1060. The van der Waals surface area contributed by atoms with E-state index in [0.717, 1.165) is 0 Å². The van der Waals surface area contributed by atoms with Crippen LogP contribution >= 0.6 is 39.1 Å². The first-order chi connectivity index (χ1) is 12.7. The van der Waals surface area contributed by atoms with E-state index in [1.807, 2.05) is 0 Å². The summed E-state index contributed by atoms with van der Waals surface area (Å²) in [7, 11) is -2.39. The van der Waals surface area contributed by atoms with Gasteiger partial charge in [0.2, 0.25) is 10.0 Å². The monoisotopic (exact) mass is 491 g/mol. The molecule has 1 heterocycles.